The number of benzene rings is 1. The quantitative estimate of drug-likeness (QED) is 0.707. The Hall–Kier alpha value is -1.00. The predicted octanol–water partition coefficient (Wildman–Crippen LogP) is 1.05. The summed E-state index contributed by atoms with van der Waals surface area (Å²) < 4.78 is 33.9. The molecule has 0 radical (unpaired) electrons. The molecule has 2 saturated heterocycles. The van der Waals surface area contributed by atoms with E-state index in [4.69, 9.17) is 4.74 Å². The van der Waals surface area contributed by atoms with E-state index in [9.17, 15) is 13.2 Å². The number of carbonyl (C=O) groups is 1. The molecule has 26 heavy (non-hydrogen) atoms. The number of hydrogen-bond acceptors (Lipinski definition) is 5. The fourth-order valence-electron chi connectivity index (χ4n) is 3.18. The van der Waals surface area contributed by atoms with Crippen LogP contribution >= 0.6 is 15.9 Å². The first-order valence-corrected chi connectivity index (χ1v) is 11.1. The predicted molar refractivity (Wildman–Crippen MR) is 101 cm³/mol. The van der Waals surface area contributed by atoms with Crippen LogP contribution in [-0.4, -0.2) is 75.5 Å². The number of nitrogens with zero attached hydrogens (tertiary/aromatic N) is 2. The maximum atomic E-state index is 13.1. The SMILES string of the molecule is O=C(CN(C[C@@H]1CCCO1)S(=O)(=O)c1ccc(Br)cc1)N1CCNCC1. The fourth-order valence-corrected chi connectivity index (χ4v) is 4.87. The molecule has 2 aliphatic rings. The first kappa shape index (κ1) is 19.8. The van der Waals surface area contributed by atoms with Gasteiger partial charge in [0, 0.05) is 43.8 Å². The van der Waals surface area contributed by atoms with Crippen molar-refractivity contribution in [1.82, 2.24) is 14.5 Å². The van der Waals surface area contributed by atoms with Crippen molar-refractivity contribution < 1.29 is 17.9 Å². The van der Waals surface area contributed by atoms with Gasteiger partial charge in [0.1, 0.15) is 0 Å². The third kappa shape index (κ3) is 4.83. The maximum Gasteiger partial charge on any atom is 0.243 e. The van der Waals surface area contributed by atoms with Crippen molar-refractivity contribution >= 4 is 31.9 Å². The average molecular weight is 446 g/mol. The largest absolute Gasteiger partial charge is 0.377 e. The molecule has 144 valence electrons. The van der Waals surface area contributed by atoms with Gasteiger partial charge in [0.05, 0.1) is 17.5 Å². The molecule has 7 nitrogen and oxygen atoms in total. The van der Waals surface area contributed by atoms with E-state index < -0.39 is 10.0 Å². The topological polar surface area (TPSA) is 79.0 Å². The van der Waals surface area contributed by atoms with Crippen molar-refractivity contribution in [1.29, 1.82) is 0 Å². The summed E-state index contributed by atoms with van der Waals surface area (Å²) in [7, 11) is -3.77. The molecule has 0 unspecified atom stereocenters. The van der Waals surface area contributed by atoms with Crippen LogP contribution in [-0.2, 0) is 19.6 Å². The Labute approximate surface area is 162 Å². The first-order chi connectivity index (χ1) is 12.5. The first-order valence-electron chi connectivity index (χ1n) is 8.82. The van der Waals surface area contributed by atoms with Crippen LogP contribution in [0.2, 0.25) is 0 Å². The average Bonchev–Trinajstić information content (AvgIpc) is 3.15. The van der Waals surface area contributed by atoms with Gasteiger partial charge in [-0.25, -0.2) is 8.42 Å². The molecule has 1 atom stereocenters. The Morgan fingerprint density at radius 1 is 1.27 bits per heavy atom. The second-order valence-electron chi connectivity index (χ2n) is 6.52. The number of nitrogens with one attached hydrogen (secondary N) is 1. The lowest BCUT2D eigenvalue weighted by atomic mass is 10.2. The fraction of sp³-hybridized carbons (Fsp3) is 0.588. The van der Waals surface area contributed by atoms with Crippen molar-refractivity contribution in [2.75, 3.05) is 45.9 Å². The molecule has 0 aromatic heterocycles. The van der Waals surface area contributed by atoms with Gasteiger partial charge in [-0.05, 0) is 37.1 Å². The lowest BCUT2D eigenvalue weighted by Crippen LogP contribution is -2.51. The van der Waals surface area contributed by atoms with Gasteiger partial charge in [0.2, 0.25) is 15.9 Å². The zero-order chi connectivity index (χ0) is 18.6. The molecular weight excluding hydrogens is 422 g/mol. The van der Waals surface area contributed by atoms with Crippen LogP contribution in [0.15, 0.2) is 33.6 Å². The summed E-state index contributed by atoms with van der Waals surface area (Å²) in [5, 5.41) is 3.19. The van der Waals surface area contributed by atoms with E-state index in [0.717, 1.165) is 30.4 Å². The number of carbonyl (C=O) groups excluding carboxylic acids is 1. The zero-order valence-corrected chi connectivity index (χ0v) is 17.0. The molecular formula is C17H24BrN3O4S. The highest BCUT2D eigenvalue weighted by Crippen LogP contribution is 2.22. The smallest absolute Gasteiger partial charge is 0.243 e. The van der Waals surface area contributed by atoms with Crippen molar-refractivity contribution in [3.8, 4) is 0 Å². The highest BCUT2D eigenvalue weighted by Gasteiger charge is 2.32. The van der Waals surface area contributed by atoms with Gasteiger partial charge < -0.3 is 15.0 Å². The van der Waals surface area contributed by atoms with Crippen molar-refractivity contribution in [3.05, 3.63) is 28.7 Å². The standard InChI is InChI=1S/C17H24BrN3O4S/c18-14-3-5-16(6-4-14)26(23,24)21(12-15-2-1-11-25-15)13-17(22)20-9-7-19-8-10-20/h3-6,15,19H,1-2,7-13H2/t15-/m0/s1. The molecule has 2 aliphatic heterocycles. The minimum absolute atomic E-state index is 0.155. The van der Waals surface area contributed by atoms with E-state index in [2.05, 4.69) is 21.2 Å². The van der Waals surface area contributed by atoms with Crippen molar-refractivity contribution in [3.63, 3.8) is 0 Å². The second-order valence-corrected chi connectivity index (χ2v) is 9.37. The molecule has 2 heterocycles. The molecule has 1 amide bonds. The molecule has 9 heteroatoms. The summed E-state index contributed by atoms with van der Waals surface area (Å²) in [5.74, 6) is -0.162. The summed E-state index contributed by atoms with van der Waals surface area (Å²) in [6, 6.07) is 6.49. The van der Waals surface area contributed by atoms with Gasteiger partial charge in [-0.2, -0.15) is 4.31 Å². The Morgan fingerprint density at radius 3 is 2.58 bits per heavy atom. The molecule has 0 aliphatic carbocycles. The summed E-state index contributed by atoms with van der Waals surface area (Å²) in [6.07, 6.45) is 1.58. The third-order valence-corrected chi connectivity index (χ3v) is 7.02. The Bertz CT molecular complexity index is 714. The van der Waals surface area contributed by atoms with Gasteiger partial charge in [0.25, 0.3) is 0 Å². The second kappa shape index (κ2) is 8.79. The number of hydrogen-bond donors (Lipinski definition) is 1. The van der Waals surface area contributed by atoms with Crippen LogP contribution in [0, 0.1) is 0 Å². The van der Waals surface area contributed by atoms with Crippen LogP contribution in [0.25, 0.3) is 0 Å². The van der Waals surface area contributed by atoms with Crippen molar-refractivity contribution in [2.45, 2.75) is 23.8 Å². The van der Waals surface area contributed by atoms with Crippen molar-refractivity contribution in [2.24, 2.45) is 0 Å². The van der Waals surface area contributed by atoms with Crippen LogP contribution in [0.5, 0.6) is 0 Å². The summed E-state index contributed by atoms with van der Waals surface area (Å²) in [4.78, 5) is 14.6. The number of halogens is 1. The van der Waals surface area contributed by atoms with E-state index in [1.54, 1.807) is 29.2 Å². The third-order valence-electron chi connectivity index (χ3n) is 4.66. The summed E-state index contributed by atoms with van der Waals surface area (Å²) >= 11 is 3.32. The Balaban J connectivity index is 1.79. The van der Waals surface area contributed by atoms with Gasteiger partial charge in [-0.3, -0.25) is 4.79 Å². The molecule has 1 aromatic rings. The zero-order valence-electron chi connectivity index (χ0n) is 14.6. The van der Waals surface area contributed by atoms with Gasteiger partial charge >= 0.3 is 0 Å². The monoisotopic (exact) mass is 445 g/mol. The van der Waals surface area contributed by atoms with E-state index >= 15 is 0 Å². The Morgan fingerprint density at radius 2 is 1.96 bits per heavy atom. The number of amides is 1. The van der Waals surface area contributed by atoms with Crippen LogP contribution in [0.4, 0.5) is 0 Å². The number of rotatable bonds is 6. The summed E-state index contributed by atoms with van der Waals surface area (Å²) in [6.45, 7) is 3.36. The van der Waals surface area contributed by atoms with E-state index in [1.165, 1.54) is 4.31 Å². The lowest BCUT2D eigenvalue weighted by molar-refractivity contribution is -0.132. The van der Waals surface area contributed by atoms with Gasteiger partial charge in [-0.1, -0.05) is 15.9 Å². The molecule has 3 rings (SSSR count). The molecule has 0 saturated carbocycles. The van der Waals surface area contributed by atoms with Gasteiger partial charge in [-0.15, -0.1) is 0 Å². The number of piperazine rings is 1. The molecule has 2 fully saturated rings. The van der Waals surface area contributed by atoms with E-state index in [1.807, 2.05) is 0 Å². The van der Waals surface area contributed by atoms with Gasteiger partial charge in [0.15, 0.2) is 0 Å². The Kier molecular flexibility index (Phi) is 6.68. The van der Waals surface area contributed by atoms with E-state index in [-0.39, 0.29) is 30.0 Å². The number of sulfonamides is 1. The number of ether oxygens (including phenoxy) is 1. The molecule has 1 N–H and O–H groups in total. The minimum Gasteiger partial charge on any atom is -0.377 e. The minimum atomic E-state index is -3.77. The molecule has 0 bridgehead atoms. The highest BCUT2D eigenvalue weighted by atomic mass is 79.9. The molecule has 0 spiro atoms. The van der Waals surface area contributed by atoms with E-state index in [0.29, 0.717) is 19.7 Å². The highest BCUT2D eigenvalue weighted by molar-refractivity contribution is 9.10. The van der Waals surface area contributed by atoms with Crippen LogP contribution in [0.3, 0.4) is 0 Å². The molecule has 1 aromatic carbocycles. The lowest BCUT2D eigenvalue weighted by Gasteiger charge is -2.31. The maximum absolute atomic E-state index is 13.1. The van der Waals surface area contributed by atoms with Crippen LogP contribution in [0.1, 0.15) is 12.8 Å². The normalized spacial score (nSPS) is 21.3. The van der Waals surface area contributed by atoms with Crippen LogP contribution < -0.4 is 5.32 Å². The summed E-state index contributed by atoms with van der Waals surface area (Å²) in [5.41, 5.74) is 0.